The third-order valence-corrected chi connectivity index (χ3v) is 2.81. The van der Waals surface area contributed by atoms with Gasteiger partial charge in [0.1, 0.15) is 5.60 Å². The van der Waals surface area contributed by atoms with Gasteiger partial charge in [0.25, 0.3) is 0 Å². The first-order valence-corrected chi connectivity index (χ1v) is 7.12. The van der Waals surface area contributed by atoms with Gasteiger partial charge in [-0.05, 0) is 51.0 Å². The zero-order valence-electron chi connectivity index (χ0n) is 11.9. The fourth-order valence-electron chi connectivity index (χ4n) is 1.42. The molecule has 0 heterocycles. The van der Waals surface area contributed by atoms with Crippen LogP contribution >= 0.6 is 23.2 Å². The van der Waals surface area contributed by atoms with Gasteiger partial charge in [-0.2, -0.15) is 0 Å². The van der Waals surface area contributed by atoms with E-state index in [-0.39, 0.29) is 0 Å². The molecule has 0 aromatic heterocycles. The van der Waals surface area contributed by atoms with Crippen molar-refractivity contribution in [2.45, 2.75) is 32.8 Å². The summed E-state index contributed by atoms with van der Waals surface area (Å²) in [6.07, 6.45) is 4.08. The van der Waals surface area contributed by atoms with Gasteiger partial charge in [-0.3, -0.25) is 0 Å². The van der Waals surface area contributed by atoms with Crippen LogP contribution in [0.15, 0.2) is 24.3 Å². The highest BCUT2D eigenvalue weighted by Crippen LogP contribution is 2.21. The van der Waals surface area contributed by atoms with Crippen LogP contribution in [0.1, 0.15) is 32.8 Å². The quantitative estimate of drug-likeness (QED) is 0.801. The molecule has 0 atom stereocenters. The summed E-state index contributed by atoms with van der Waals surface area (Å²) in [7, 11) is 0. The van der Waals surface area contributed by atoms with Crippen molar-refractivity contribution in [1.82, 2.24) is 5.32 Å². The molecule has 0 bridgehead atoms. The second-order valence-corrected chi connectivity index (χ2v) is 6.13. The first-order chi connectivity index (χ1) is 9.28. The number of alkyl carbamates (subject to hydrolysis) is 1. The Hall–Kier alpha value is -1.19. The van der Waals surface area contributed by atoms with Crippen molar-refractivity contribution in [3.8, 4) is 0 Å². The lowest BCUT2D eigenvalue weighted by molar-refractivity contribution is 0.0529. The van der Waals surface area contributed by atoms with Crippen LogP contribution < -0.4 is 5.32 Å². The fraction of sp³-hybridized carbons (Fsp3) is 0.400. The van der Waals surface area contributed by atoms with Crippen LogP contribution in [0.4, 0.5) is 4.79 Å². The lowest BCUT2D eigenvalue weighted by Gasteiger charge is -2.19. The van der Waals surface area contributed by atoms with E-state index in [1.165, 1.54) is 0 Å². The Morgan fingerprint density at radius 2 is 2.05 bits per heavy atom. The minimum absolute atomic E-state index is 0.410. The molecule has 0 aliphatic rings. The van der Waals surface area contributed by atoms with Crippen LogP contribution in [0, 0.1) is 0 Å². The third kappa shape index (κ3) is 6.83. The lowest BCUT2D eigenvalue weighted by atomic mass is 10.2. The Morgan fingerprint density at radius 1 is 1.35 bits per heavy atom. The van der Waals surface area contributed by atoms with Crippen molar-refractivity contribution in [1.29, 1.82) is 0 Å². The molecule has 1 rings (SSSR count). The Kier molecular flexibility index (Phi) is 6.37. The van der Waals surface area contributed by atoms with Gasteiger partial charge in [0.05, 0.1) is 0 Å². The molecule has 1 aromatic rings. The molecule has 0 fully saturated rings. The Morgan fingerprint density at radius 3 is 2.70 bits per heavy atom. The summed E-state index contributed by atoms with van der Waals surface area (Å²) in [6.45, 7) is 5.98. The fourth-order valence-corrected chi connectivity index (χ4v) is 1.79. The van der Waals surface area contributed by atoms with E-state index in [2.05, 4.69) is 5.32 Å². The molecular formula is C15H19Cl2NO2. The van der Waals surface area contributed by atoms with E-state index in [4.69, 9.17) is 27.9 Å². The normalized spacial score (nSPS) is 11.7. The molecule has 20 heavy (non-hydrogen) atoms. The highest BCUT2D eigenvalue weighted by atomic mass is 35.5. The van der Waals surface area contributed by atoms with Crippen LogP contribution in [0.2, 0.25) is 10.0 Å². The van der Waals surface area contributed by atoms with E-state index in [0.717, 1.165) is 5.56 Å². The van der Waals surface area contributed by atoms with E-state index < -0.39 is 11.7 Å². The van der Waals surface area contributed by atoms with Crippen LogP contribution in [-0.2, 0) is 4.74 Å². The zero-order chi connectivity index (χ0) is 15.2. The maximum atomic E-state index is 11.4. The SMILES string of the molecule is CC(C)(C)OC(=O)NCCC=Cc1cc(Cl)ccc1Cl. The van der Waals surface area contributed by atoms with Gasteiger partial charge < -0.3 is 10.1 Å². The highest BCUT2D eigenvalue weighted by Gasteiger charge is 2.15. The molecule has 110 valence electrons. The van der Waals surface area contributed by atoms with Gasteiger partial charge in [-0.15, -0.1) is 0 Å². The number of carbonyl (C=O) groups is 1. The third-order valence-electron chi connectivity index (χ3n) is 2.23. The van der Waals surface area contributed by atoms with Crippen molar-refractivity contribution < 1.29 is 9.53 Å². The summed E-state index contributed by atoms with van der Waals surface area (Å²) in [5.74, 6) is 0. The summed E-state index contributed by atoms with van der Waals surface area (Å²) >= 11 is 11.9. The van der Waals surface area contributed by atoms with Gasteiger partial charge in [0, 0.05) is 16.6 Å². The second-order valence-electron chi connectivity index (χ2n) is 5.29. The summed E-state index contributed by atoms with van der Waals surface area (Å²) in [6, 6.07) is 5.29. The highest BCUT2D eigenvalue weighted by molar-refractivity contribution is 6.34. The number of nitrogens with one attached hydrogen (secondary N) is 1. The molecule has 0 aliphatic carbocycles. The van der Waals surface area contributed by atoms with Crippen molar-refractivity contribution in [2.24, 2.45) is 0 Å². The van der Waals surface area contributed by atoms with Crippen molar-refractivity contribution >= 4 is 35.4 Å². The van der Waals surface area contributed by atoms with E-state index in [1.54, 1.807) is 18.2 Å². The van der Waals surface area contributed by atoms with Gasteiger partial charge in [0.2, 0.25) is 0 Å². The molecule has 0 saturated carbocycles. The molecule has 1 amide bonds. The van der Waals surface area contributed by atoms with Crippen LogP contribution in [0.3, 0.4) is 0 Å². The van der Waals surface area contributed by atoms with Gasteiger partial charge in [-0.1, -0.05) is 35.4 Å². The molecule has 1 N–H and O–H groups in total. The van der Waals surface area contributed by atoms with Crippen molar-refractivity contribution in [2.75, 3.05) is 6.54 Å². The lowest BCUT2D eigenvalue weighted by Crippen LogP contribution is -2.32. The number of ether oxygens (including phenoxy) is 1. The number of rotatable bonds is 4. The Labute approximate surface area is 129 Å². The second kappa shape index (κ2) is 7.55. The minimum atomic E-state index is -0.478. The number of halogens is 2. The van der Waals surface area contributed by atoms with Crippen LogP contribution in [0.5, 0.6) is 0 Å². The largest absolute Gasteiger partial charge is 0.444 e. The van der Waals surface area contributed by atoms with Gasteiger partial charge >= 0.3 is 6.09 Å². The monoisotopic (exact) mass is 315 g/mol. The van der Waals surface area contributed by atoms with Crippen LogP contribution in [0.25, 0.3) is 6.08 Å². The maximum absolute atomic E-state index is 11.4. The molecule has 3 nitrogen and oxygen atoms in total. The molecule has 0 spiro atoms. The number of carbonyl (C=O) groups excluding carboxylic acids is 1. The first-order valence-electron chi connectivity index (χ1n) is 6.36. The zero-order valence-corrected chi connectivity index (χ0v) is 13.4. The smallest absolute Gasteiger partial charge is 0.407 e. The van der Waals surface area contributed by atoms with Gasteiger partial charge in [0.15, 0.2) is 0 Å². The number of amides is 1. The Balaban J connectivity index is 2.36. The molecule has 1 aromatic carbocycles. The molecular weight excluding hydrogens is 297 g/mol. The average molecular weight is 316 g/mol. The average Bonchev–Trinajstić information content (AvgIpc) is 2.30. The number of hydrogen-bond donors (Lipinski definition) is 1. The van der Waals surface area contributed by atoms with E-state index >= 15 is 0 Å². The summed E-state index contributed by atoms with van der Waals surface area (Å²) < 4.78 is 5.12. The predicted octanol–water partition coefficient (Wildman–Crippen LogP) is 4.92. The number of benzene rings is 1. The van der Waals surface area contributed by atoms with Crippen LogP contribution in [-0.4, -0.2) is 18.2 Å². The van der Waals surface area contributed by atoms with E-state index in [0.29, 0.717) is 23.0 Å². The maximum Gasteiger partial charge on any atom is 0.407 e. The molecule has 5 heteroatoms. The van der Waals surface area contributed by atoms with E-state index in [1.807, 2.05) is 32.9 Å². The molecule has 0 radical (unpaired) electrons. The predicted molar refractivity (Wildman–Crippen MR) is 84.3 cm³/mol. The first kappa shape index (κ1) is 16.9. The standard InChI is InChI=1S/C15H19Cl2NO2/c1-15(2,3)20-14(19)18-9-5-4-6-11-10-12(16)7-8-13(11)17/h4,6-8,10H,5,9H2,1-3H3,(H,18,19). The molecule has 0 unspecified atom stereocenters. The summed E-state index contributed by atoms with van der Waals surface area (Å²) in [4.78, 5) is 11.4. The molecule has 0 saturated heterocycles. The molecule has 0 aliphatic heterocycles. The number of hydrogen-bond acceptors (Lipinski definition) is 2. The Bertz CT molecular complexity index is 493. The van der Waals surface area contributed by atoms with E-state index in [9.17, 15) is 4.79 Å². The summed E-state index contributed by atoms with van der Waals surface area (Å²) in [5, 5.41) is 3.96. The van der Waals surface area contributed by atoms with Gasteiger partial charge in [-0.25, -0.2) is 4.79 Å². The van der Waals surface area contributed by atoms with Crippen molar-refractivity contribution in [3.05, 3.63) is 39.9 Å². The van der Waals surface area contributed by atoms with Crippen molar-refractivity contribution in [3.63, 3.8) is 0 Å². The minimum Gasteiger partial charge on any atom is -0.444 e. The topological polar surface area (TPSA) is 38.3 Å². The summed E-state index contributed by atoms with van der Waals surface area (Å²) in [5.41, 5.74) is 0.380.